The first kappa shape index (κ1) is 40.7. The fraction of sp³-hybridized carbons (Fsp3) is 0.641. The van der Waals surface area contributed by atoms with E-state index in [1.54, 1.807) is 46.2 Å². The summed E-state index contributed by atoms with van der Waals surface area (Å²) in [5.74, 6) is -2.11. The van der Waals surface area contributed by atoms with Crippen molar-refractivity contribution in [3.63, 3.8) is 0 Å². The van der Waals surface area contributed by atoms with Gasteiger partial charge in [-0.1, -0.05) is 42.3 Å². The molecule has 1 aromatic carbocycles. The molecule has 0 saturated carbocycles. The van der Waals surface area contributed by atoms with Crippen molar-refractivity contribution in [2.45, 2.75) is 108 Å². The SMILES string of the molecule is COc1cc2cc(c1Cl)N(C)C(=O)C[C@H](OC(=O)[C@H](C)N(C)C(=O)C1CCNCC1)[C@]1(C)O[C@H]1[C@H](C)[C@@H]1C[C@@](O)(CC(=O)O1)[C@H](OC)/C=C/C=C(\C)C2. The van der Waals surface area contributed by atoms with Gasteiger partial charge in [-0.2, -0.15) is 0 Å². The van der Waals surface area contributed by atoms with Crippen LogP contribution in [0.15, 0.2) is 35.9 Å². The lowest BCUT2D eigenvalue weighted by atomic mass is 9.78. The molecule has 3 fully saturated rings. The van der Waals surface area contributed by atoms with Crippen LogP contribution in [0.1, 0.15) is 65.4 Å². The van der Waals surface area contributed by atoms with Crippen LogP contribution in [-0.2, 0) is 44.5 Å². The number of likely N-dealkylation sites (N-methyl/N-ethyl adjacent to an activating group) is 1. The average Bonchev–Trinajstić information content (AvgIpc) is 3.83. The first-order valence-electron chi connectivity index (χ1n) is 18.3. The van der Waals surface area contributed by atoms with E-state index in [0.717, 1.165) is 24.2 Å². The molecule has 4 bridgehead atoms. The number of rotatable bonds is 6. The largest absolute Gasteiger partial charge is 0.495 e. The Morgan fingerprint density at radius 3 is 2.55 bits per heavy atom. The molecule has 4 aliphatic heterocycles. The van der Waals surface area contributed by atoms with E-state index in [-0.39, 0.29) is 36.1 Å². The van der Waals surface area contributed by atoms with Crippen LogP contribution in [0.4, 0.5) is 5.69 Å². The lowest BCUT2D eigenvalue weighted by Gasteiger charge is -2.41. The minimum Gasteiger partial charge on any atom is -0.495 e. The molecule has 5 rings (SSSR count). The molecule has 0 radical (unpaired) electrons. The minimum absolute atomic E-state index is 0.0677. The van der Waals surface area contributed by atoms with Crippen LogP contribution in [0.2, 0.25) is 5.02 Å². The Balaban J connectivity index is 1.51. The van der Waals surface area contributed by atoms with Crippen molar-refractivity contribution in [2.24, 2.45) is 11.8 Å². The Bertz CT molecular complexity index is 1630. The third-order valence-corrected chi connectivity index (χ3v) is 11.8. The maximum absolute atomic E-state index is 14.2. The summed E-state index contributed by atoms with van der Waals surface area (Å²) in [6.07, 6.45) is 3.42. The molecule has 53 heavy (non-hydrogen) atoms. The van der Waals surface area contributed by atoms with Gasteiger partial charge in [-0.25, -0.2) is 4.79 Å². The number of halogens is 1. The molecule has 1 aromatic rings. The number of nitrogens with zero attached hydrogens (tertiary/aromatic N) is 2. The van der Waals surface area contributed by atoms with Gasteiger partial charge >= 0.3 is 11.9 Å². The van der Waals surface area contributed by atoms with Crippen molar-refractivity contribution in [1.82, 2.24) is 10.2 Å². The number of anilines is 1. The van der Waals surface area contributed by atoms with E-state index in [9.17, 15) is 24.3 Å². The number of allylic oxidation sites excluding steroid dienone is 3. The number of aliphatic hydroxyl groups is 1. The van der Waals surface area contributed by atoms with Crippen LogP contribution in [0.25, 0.3) is 0 Å². The van der Waals surface area contributed by atoms with Crippen LogP contribution in [-0.4, -0.2) is 117 Å². The van der Waals surface area contributed by atoms with Crippen LogP contribution >= 0.6 is 11.6 Å². The van der Waals surface area contributed by atoms with Gasteiger partial charge in [0.15, 0.2) is 0 Å². The number of fused-ring (bicyclic) bond motifs is 5. The number of nitrogens with one attached hydrogen (secondary N) is 1. The maximum atomic E-state index is 14.2. The molecule has 0 aliphatic carbocycles. The van der Waals surface area contributed by atoms with Crippen molar-refractivity contribution < 1.29 is 48.0 Å². The Morgan fingerprint density at radius 1 is 1.19 bits per heavy atom. The minimum atomic E-state index is -1.57. The van der Waals surface area contributed by atoms with E-state index >= 15 is 0 Å². The quantitative estimate of drug-likeness (QED) is 0.322. The second kappa shape index (κ2) is 16.5. The lowest BCUT2D eigenvalue weighted by molar-refractivity contribution is -0.187. The standard InChI is InChI=1S/C39H54ClN3O10/c1-22-10-9-11-30(50-8)39(48)20-29(51-33(45)21-39)23(2)35-38(4,53-35)31(52-37(47)24(3)42(5)36(46)26-12-14-41-15-13-26)19-32(44)43(6)27-17-25(16-22)18-28(49-7)34(27)40/h9-11,17-18,23-24,26,29-31,35,41,48H,12-16,19-21H2,1-8H3/b11-9+,22-10+/t23-,24+,29+,30-,31+,35+,38+,39-/m1/s1. The highest BCUT2D eigenvalue weighted by atomic mass is 35.5. The number of carbonyl (C=O) groups excluding carboxylic acids is 4. The molecule has 2 N–H and O–H groups in total. The van der Waals surface area contributed by atoms with Crippen LogP contribution in [0.5, 0.6) is 5.75 Å². The van der Waals surface area contributed by atoms with E-state index in [1.807, 2.05) is 26.0 Å². The van der Waals surface area contributed by atoms with Gasteiger partial charge in [0.05, 0.1) is 31.7 Å². The number of piperidine rings is 1. The highest BCUT2D eigenvalue weighted by Crippen LogP contribution is 2.50. The summed E-state index contributed by atoms with van der Waals surface area (Å²) < 4.78 is 29.5. The smallest absolute Gasteiger partial charge is 0.328 e. The Labute approximate surface area is 316 Å². The zero-order valence-corrected chi connectivity index (χ0v) is 32.7. The summed E-state index contributed by atoms with van der Waals surface area (Å²) in [4.78, 5) is 57.1. The van der Waals surface area contributed by atoms with Crippen LogP contribution in [0, 0.1) is 11.8 Å². The van der Waals surface area contributed by atoms with Crippen molar-refractivity contribution in [1.29, 1.82) is 0 Å². The molecular formula is C39H54ClN3O10. The number of methoxy groups -OCH3 is 2. The number of amides is 2. The molecular weight excluding hydrogens is 706 g/mol. The summed E-state index contributed by atoms with van der Waals surface area (Å²) in [6.45, 7) is 8.58. The fourth-order valence-electron chi connectivity index (χ4n) is 7.80. The molecule has 4 aliphatic rings. The molecule has 0 spiro atoms. The highest BCUT2D eigenvalue weighted by Gasteiger charge is 2.64. The molecule has 4 heterocycles. The lowest BCUT2D eigenvalue weighted by Crippen LogP contribution is -2.53. The molecule has 8 atom stereocenters. The van der Waals surface area contributed by atoms with E-state index in [0.29, 0.717) is 30.7 Å². The molecule has 3 saturated heterocycles. The van der Waals surface area contributed by atoms with Gasteiger partial charge in [0.2, 0.25) is 11.8 Å². The average molecular weight is 760 g/mol. The van der Waals surface area contributed by atoms with Crippen LogP contribution < -0.4 is 15.0 Å². The normalized spacial score (nSPS) is 33.4. The Kier molecular flexibility index (Phi) is 12.7. The molecule has 292 valence electrons. The number of hydrogen-bond donors (Lipinski definition) is 2. The Hall–Kier alpha value is -3.49. The van der Waals surface area contributed by atoms with Crippen molar-refractivity contribution in [2.75, 3.05) is 46.3 Å². The highest BCUT2D eigenvalue weighted by molar-refractivity contribution is 6.35. The van der Waals surface area contributed by atoms with Gasteiger partial charge in [-0.05, 0) is 70.8 Å². The number of carbonyl (C=O) groups is 4. The van der Waals surface area contributed by atoms with Gasteiger partial charge in [-0.15, -0.1) is 0 Å². The van der Waals surface area contributed by atoms with Crippen molar-refractivity contribution >= 4 is 41.0 Å². The summed E-state index contributed by atoms with van der Waals surface area (Å²) in [7, 11) is 6.16. The van der Waals surface area contributed by atoms with Gasteiger partial charge in [0, 0.05) is 39.5 Å². The predicted octanol–water partition coefficient (Wildman–Crippen LogP) is 3.76. The molecule has 13 nitrogen and oxygen atoms in total. The number of benzene rings is 1. The summed E-state index contributed by atoms with van der Waals surface area (Å²) in [6, 6.07) is 2.68. The zero-order chi connectivity index (χ0) is 38.8. The topological polar surface area (TPSA) is 156 Å². The zero-order valence-electron chi connectivity index (χ0n) is 32.0. The summed E-state index contributed by atoms with van der Waals surface area (Å²) in [5, 5.41) is 15.3. The van der Waals surface area contributed by atoms with Crippen molar-refractivity contribution in [3.8, 4) is 5.75 Å². The number of esters is 2. The van der Waals surface area contributed by atoms with Gasteiger partial charge < -0.3 is 43.9 Å². The van der Waals surface area contributed by atoms with E-state index in [1.165, 1.54) is 24.0 Å². The fourth-order valence-corrected chi connectivity index (χ4v) is 8.12. The van der Waals surface area contributed by atoms with E-state index < -0.39 is 65.4 Å². The first-order valence-corrected chi connectivity index (χ1v) is 18.7. The molecule has 14 heteroatoms. The van der Waals surface area contributed by atoms with E-state index in [4.69, 9.17) is 35.3 Å². The number of epoxide rings is 1. The molecule has 0 unspecified atom stereocenters. The third-order valence-electron chi connectivity index (χ3n) is 11.4. The van der Waals surface area contributed by atoms with Gasteiger partial charge in [0.1, 0.15) is 46.3 Å². The second-order valence-electron chi connectivity index (χ2n) is 15.2. The van der Waals surface area contributed by atoms with Crippen molar-refractivity contribution in [3.05, 3.63) is 46.5 Å². The third kappa shape index (κ3) is 8.75. The maximum Gasteiger partial charge on any atom is 0.328 e. The van der Waals surface area contributed by atoms with E-state index in [2.05, 4.69) is 5.32 Å². The first-order chi connectivity index (χ1) is 25.0. The molecule has 2 amide bonds. The second-order valence-corrected chi connectivity index (χ2v) is 15.6. The monoisotopic (exact) mass is 759 g/mol. The predicted molar refractivity (Wildman–Crippen MR) is 198 cm³/mol. The van der Waals surface area contributed by atoms with Gasteiger partial charge in [-0.3, -0.25) is 14.4 Å². The molecule has 0 aromatic heterocycles. The van der Waals surface area contributed by atoms with Gasteiger partial charge in [0.25, 0.3) is 0 Å². The number of ether oxygens (including phenoxy) is 5. The van der Waals surface area contributed by atoms with Crippen LogP contribution in [0.3, 0.4) is 0 Å². The Morgan fingerprint density at radius 2 is 1.89 bits per heavy atom. The summed E-state index contributed by atoms with van der Waals surface area (Å²) in [5.41, 5.74) is -0.565. The summed E-state index contributed by atoms with van der Waals surface area (Å²) >= 11 is 6.78. The number of hydrogen-bond acceptors (Lipinski definition) is 11.